The van der Waals surface area contributed by atoms with Gasteiger partial charge in [-0.15, -0.1) is 0 Å². The standard InChI is InChI=1S/C26H36N4O4/c1-29(16-6-10-18-8-3-2-4-9-18)17-7-15-27-20-12-5-11-19-23(20)26(34)30(25(19)33)21-13-14-22(31)28-24(21)32/h5,11-12,18,21,27H,2-4,6-10,13-17H2,1H3,(H,28,31,32). The first-order chi connectivity index (χ1) is 16.5. The van der Waals surface area contributed by atoms with E-state index in [2.05, 4.69) is 22.6 Å². The molecular weight excluding hydrogens is 432 g/mol. The molecule has 2 N–H and O–H groups in total. The summed E-state index contributed by atoms with van der Waals surface area (Å²) in [6, 6.07) is 4.22. The van der Waals surface area contributed by atoms with Gasteiger partial charge in [-0.2, -0.15) is 0 Å². The maximum absolute atomic E-state index is 13.1. The minimum Gasteiger partial charge on any atom is -0.384 e. The van der Waals surface area contributed by atoms with E-state index >= 15 is 0 Å². The summed E-state index contributed by atoms with van der Waals surface area (Å²) in [6.45, 7) is 2.75. The summed E-state index contributed by atoms with van der Waals surface area (Å²) in [7, 11) is 2.15. The van der Waals surface area contributed by atoms with Crippen molar-refractivity contribution in [3.05, 3.63) is 29.3 Å². The molecule has 1 aromatic carbocycles. The Morgan fingerprint density at radius 3 is 2.53 bits per heavy atom. The summed E-state index contributed by atoms with van der Waals surface area (Å²) in [5, 5.41) is 5.55. The summed E-state index contributed by atoms with van der Waals surface area (Å²) in [6.07, 6.45) is 10.8. The molecule has 2 aliphatic heterocycles. The zero-order chi connectivity index (χ0) is 24.1. The highest BCUT2D eigenvalue weighted by molar-refractivity contribution is 6.25. The SMILES string of the molecule is CN(CCCNc1cccc2c1C(=O)N(C1CCC(=O)NC1=O)C2=O)CCCC1CCCCC1. The van der Waals surface area contributed by atoms with Crippen molar-refractivity contribution in [2.24, 2.45) is 5.92 Å². The number of imide groups is 2. The van der Waals surface area contributed by atoms with Gasteiger partial charge in [-0.25, -0.2) is 0 Å². The second kappa shape index (κ2) is 11.1. The Morgan fingerprint density at radius 1 is 1.00 bits per heavy atom. The second-order valence-electron chi connectivity index (χ2n) is 9.91. The van der Waals surface area contributed by atoms with Crippen LogP contribution < -0.4 is 10.6 Å². The third kappa shape index (κ3) is 5.49. The Hall–Kier alpha value is -2.74. The van der Waals surface area contributed by atoms with Crippen LogP contribution in [0, 0.1) is 5.92 Å². The number of anilines is 1. The van der Waals surface area contributed by atoms with Crippen LogP contribution in [0.1, 0.15) is 84.9 Å². The van der Waals surface area contributed by atoms with E-state index in [0.29, 0.717) is 23.4 Å². The van der Waals surface area contributed by atoms with Crippen molar-refractivity contribution < 1.29 is 19.2 Å². The van der Waals surface area contributed by atoms with Crippen LogP contribution in [0.4, 0.5) is 5.69 Å². The number of rotatable bonds is 10. The molecule has 3 aliphatic rings. The Bertz CT molecular complexity index is 941. The predicted molar refractivity (Wildman–Crippen MR) is 130 cm³/mol. The number of fused-ring (bicyclic) bond motifs is 1. The lowest BCUT2D eigenvalue weighted by Crippen LogP contribution is -2.54. The first-order valence-electron chi connectivity index (χ1n) is 12.7. The quantitative estimate of drug-likeness (QED) is 0.404. The molecule has 184 valence electrons. The van der Waals surface area contributed by atoms with E-state index in [1.54, 1.807) is 18.2 Å². The van der Waals surface area contributed by atoms with Gasteiger partial charge in [0.05, 0.1) is 11.1 Å². The van der Waals surface area contributed by atoms with Crippen molar-refractivity contribution in [2.45, 2.75) is 70.3 Å². The molecule has 1 saturated carbocycles. The van der Waals surface area contributed by atoms with Crippen LogP contribution in [0.3, 0.4) is 0 Å². The molecule has 1 aromatic rings. The molecule has 0 bridgehead atoms. The Morgan fingerprint density at radius 2 is 1.76 bits per heavy atom. The maximum atomic E-state index is 13.1. The first-order valence-corrected chi connectivity index (χ1v) is 12.7. The Balaban J connectivity index is 1.26. The Labute approximate surface area is 201 Å². The number of hydrogen-bond acceptors (Lipinski definition) is 6. The summed E-state index contributed by atoms with van der Waals surface area (Å²) < 4.78 is 0. The van der Waals surface area contributed by atoms with E-state index in [0.717, 1.165) is 30.3 Å². The topological polar surface area (TPSA) is 98.8 Å². The highest BCUT2D eigenvalue weighted by atomic mass is 16.2. The van der Waals surface area contributed by atoms with Crippen LogP contribution >= 0.6 is 0 Å². The molecular formula is C26H36N4O4. The van der Waals surface area contributed by atoms with Gasteiger partial charge in [-0.3, -0.25) is 29.4 Å². The minimum atomic E-state index is -0.944. The number of piperidine rings is 1. The van der Waals surface area contributed by atoms with Gasteiger partial charge < -0.3 is 10.2 Å². The fourth-order valence-electron chi connectivity index (χ4n) is 5.47. The van der Waals surface area contributed by atoms with Crippen molar-refractivity contribution in [2.75, 3.05) is 32.0 Å². The molecule has 34 heavy (non-hydrogen) atoms. The van der Waals surface area contributed by atoms with E-state index in [1.807, 2.05) is 0 Å². The van der Waals surface area contributed by atoms with Gasteiger partial charge >= 0.3 is 0 Å². The second-order valence-corrected chi connectivity index (χ2v) is 9.91. The number of hydrogen-bond donors (Lipinski definition) is 2. The van der Waals surface area contributed by atoms with Crippen molar-refractivity contribution in [1.82, 2.24) is 15.1 Å². The molecule has 1 atom stereocenters. The number of amides is 4. The average molecular weight is 469 g/mol. The van der Waals surface area contributed by atoms with Gasteiger partial charge in [0.15, 0.2) is 0 Å². The number of carbonyl (C=O) groups excluding carboxylic acids is 4. The lowest BCUT2D eigenvalue weighted by molar-refractivity contribution is -0.136. The normalized spacial score (nSPS) is 21.2. The fraction of sp³-hybridized carbons (Fsp3) is 0.615. The first kappa shape index (κ1) is 24.4. The van der Waals surface area contributed by atoms with Gasteiger partial charge in [0.25, 0.3) is 11.8 Å². The van der Waals surface area contributed by atoms with Crippen molar-refractivity contribution in [3.8, 4) is 0 Å². The molecule has 8 heteroatoms. The van der Waals surface area contributed by atoms with Crippen molar-refractivity contribution in [3.63, 3.8) is 0 Å². The number of benzene rings is 1. The average Bonchev–Trinajstić information content (AvgIpc) is 3.08. The molecule has 1 saturated heterocycles. The molecule has 2 heterocycles. The molecule has 0 radical (unpaired) electrons. The zero-order valence-corrected chi connectivity index (χ0v) is 20.1. The highest BCUT2D eigenvalue weighted by Gasteiger charge is 2.45. The molecule has 0 spiro atoms. The molecule has 4 amide bonds. The summed E-state index contributed by atoms with van der Waals surface area (Å²) >= 11 is 0. The highest BCUT2D eigenvalue weighted by Crippen LogP contribution is 2.32. The number of carbonyl (C=O) groups is 4. The molecule has 4 rings (SSSR count). The van der Waals surface area contributed by atoms with E-state index in [-0.39, 0.29) is 18.7 Å². The van der Waals surface area contributed by atoms with E-state index in [4.69, 9.17) is 0 Å². The van der Waals surface area contributed by atoms with E-state index in [1.165, 1.54) is 44.9 Å². The van der Waals surface area contributed by atoms with Crippen molar-refractivity contribution in [1.29, 1.82) is 0 Å². The van der Waals surface area contributed by atoms with Gasteiger partial charge in [0.2, 0.25) is 11.8 Å². The van der Waals surface area contributed by atoms with Gasteiger partial charge in [-0.05, 0) is 63.9 Å². The number of nitrogens with zero attached hydrogens (tertiary/aromatic N) is 2. The zero-order valence-electron chi connectivity index (χ0n) is 20.1. The van der Waals surface area contributed by atoms with Crippen LogP contribution in [0.15, 0.2) is 18.2 Å². The van der Waals surface area contributed by atoms with Crippen LogP contribution in [-0.4, -0.2) is 66.2 Å². The molecule has 8 nitrogen and oxygen atoms in total. The lowest BCUT2D eigenvalue weighted by atomic mass is 9.86. The fourth-order valence-corrected chi connectivity index (χ4v) is 5.47. The van der Waals surface area contributed by atoms with Crippen LogP contribution in [0.25, 0.3) is 0 Å². The molecule has 2 fully saturated rings. The largest absolute Gasteiger partial charge is 0.384 e. The summed E-state index contributed by atoms with van der Waals surface area (Å²) in [5.41, 5.74) is 1.24. The van der Waals surface area contributed by atoms with E-state index < -0.39 is 23.8 Å². The summed E-state index contributed by atoms with van der Waals surface area (Å²) in [5.74, 6) is -0.997. The molecule has 1 aliphatic carbocycles. The lowest BCUT2D eigenvalue weighted by Gasteiger charge is -2.27. The monoisotopic (exact) mass is 468 g/mol. The Kier molecular flexibility index (Phi) is 7.98. The summed E-state index contributed by atoms with van der Waals surface area (Å²) in [4.78, 5) is 53.2. The molecule has 0 aromatic heterocycles. The maximum Gasteiger partial charge on any atom is 0.264 e. The smallest absolute Gasteiger partial charge is 0.264 e. The van der Waals surface area contributed by atoms with Crippen LogP contribution in [0.2, 0.25) is 0 Å². The third-order valence-corrected chi connectivity index (χ3v) is 7.38. The van der Waals surface area contributed by atoms with Gasteiger partial charge in [0.1, 0.15) is 6.04 Å². The predicted octanol–water partition coefficient (Wildman–Crippen LogP) is 3.18. The van der Waals surface area contributed by atoms with Crippen molar-refractivity contribution >= 4 is 29.3 Å². The van der Waals surface area contributed by atoms with E-state index in [9.17, 15) is 19.2 Å². The van der Waals surface area contributed by atoms with Gasteiger partial charge in [0, 0.05) is 18.7 Å². The van der Waals surface area contributed by atoms with Crippen LogP contribution in [0.5, 0.6) is 0 Å². The number of nitrogens with one attached hydrogen (secondary N) is 2. The van der Waals surface area contributed by atoms with Gasteiger partial charge in [-0.1, -0.05) is 38.2 Å². The minimum absolute atomic E-state index is 0.114. The molecule has 1 unspecified atom stereocenters. The third-order valence-electron chi connectivity index (χ3n) is 7.38. The van der Waals surface area contributed by atoms with Crippen LogP contribution in [-0.2, 0) is 9.59 Å².